The molecule has 3 N–H and O–H groups in total. The van der Waals surface area contributed by atoms with Crippen LogP contribution in [0.25, 0.3) is 0 Å². The van der Waals surface area contributed by atoms with Crippen LogP contribution in [0, 0.1) is 12.7 Å². The van der Waals surface area contributed by atoms with E-state index in [2.05, 4.69) is 5.32 Å². The van der Waals surface area contributed by atoms with Crippen molar-refractivity contribution in [3.63, 3.8) is 0 Å². The number of benzene rings is 1. The van der Waals surface area contributed by atoms with Crippen LogP contribution in [0.1, 0.15) is 33.3 Å². The Morgan fingerprint density at radius 1 is 1.25 bits per heavy atom. The summed E-state index contributed by atoms with van der Waals surface area (Å²) in [6.07, 6.45) is 0. The van der Waals surface area contributed by atoms with Gasteiger partial charge in [0.05, 0.1) is 16.4 Å². The van der Waals surface area contributed by atoms with E-state index in [4.69, 9.17) is 17.3 Å². The van der Waals surface area contributed by atoms with Crippen LogP contribution in [-0.2, 0) is 0 Å². The molecule has 0 radical (unpaired) electrons. The number of hydrogen-bond acceptors (Lipinski definition) is 2. The first-order valence-corrected chi connectivity index (χ1v) is 5.87. The minimum absolute atomic E-state index is 0.119. The van der Waals surface area contributed by atoms with E-state index in [9.17, 15) is 4.39 Å². The maximum Gasteiger partial charge on any atom is 0.167 e. The van der Waals surface area contributed by atoms with Gasteiger partial charge in [0.1, 0.15) is 0 Å². The lowest BCUT2D eigenvalue weighted by atomic mass is 10.2. The van der Waals surface area contributed by atoms with Crippen molar-refractivity contribution in [1.29, 1.82) is 0 Å². The quantitative estimate of drug-likeness (QED) is 0.720. The van der Waals surface area contributed by atoms with Crippen LogP contribution >= 0.6 is 11.6 Å². The first-order chi connectivity index (χ1) is 7.57. The van der Waals surface area contributed by atoms with Crippen LogP contribution in [-0.4, -0.2) is 7.05 Å². The molecule has 0 amide bonds. The van der Waals surface area contributed by atoms with Crippen molar-refractivity contribution < 1.29 is 4.39 Å². The Morgan fingerprint density at radius 2 is 1.69 bits per heavy atom. The summed E-state index contributed by atoms with van der Waals surface area (Å²) >= 11 is 5.66. The number of halogens is 2. The lowest BCUT2D eigenvalue weighted by Crippen LogP contribution is -2.00. The van der Waals surface area contributed by atoms with Crippen molar-refractivity contribution in [3.05, 3.63) is 22.5 Å². The Morgan fingerprint density at radius 3 is 2.06 bits per heavy atom. The predicted octanol–water partition coefficient (Wildman–Crippen LogP) is 4.46. The zero-order valence-corrected chi connectivity index (χ0v) is 11.7. The zero-order valence-electron chi connectivity index (χ0n) is 10.9. The van der Waals surface area contributed by atoms with Crippen LogP contribution in [0.3, 0.4) is 0 Å². The average molecular weight is 249 g/mol. The van der Waals surface area contributed by atoms with Gasteiger partial charge in [0.15, 0.2) is 5.82 Å². The molecular formula is C12H22ClFN2. The highest BCUT2D eigenvalue weighted by molar-refractivity contribution is 6.32. The number of nitrogens with one attached hydrogen (secondary N) is 1. The third kappa shape index (κ3) is 4.27. The van der Waals surface area contributed by atoms with E-state index in [1.54, 1.807) is 20.0 Å². The number of nitrogen functional groups attached to an aromatic ring is 1. The molecule has 0 bridgehead atoms. The second-order valence-corrected chi connectivity index (χ2v) is 2.91. The van der Waals surface area contributed by atoms with E-state index >= 15 is 0 Å². The Labute approximate surface area is 103 Å². The van der Waals surface area contributed by atoms with Gasteiger partial charge in [-0.1, -0.05) is 39.3 Å². The Balaban J connectivity index is 0. The molecule has 0 aliphatic carbocycles. The summed E-state index contributed by atoms with van der Waals surface area (Å²) in [5.41, 5.74) is 6.81. The molecule has 1 aromatic carbocycles. The molecule has 16 heavy (non-hydrogen) atoms. The minimum atomic E-state index is -0.489. The summed E-state index contributed by atoms with van der Waals surface area (Å²) < 4.78 is 13.2. The first kappa shape index (κ1) is 17.4. The van der Waals surface area contributed by atoms with Crippen LogP contribution < -0.4 is 11.1 Å². The van der Waals surface area contributed by atoms with Crippen molar-refractivity contribution in [2.75, 3.05) is 18.1 Å². The zero-order chi connectivity index (χ0) is 13.3. The van der Waals surface area contributed by atoms with E-state index in [1.807, 2.05) is 27.7 Å². The molecule has 1 rings (SSSR count). The maximum atomic E-state index is 13.2. The fourth-order valence-corrected chi connectivity index (χ4v) is 1.18. The predicted molar refractivity (Wildman–Crippen MR) is 72.8 cm³/mol. The monoisotopic (exact) mass is 248 g/mol. The molecule has 2 nitrogen and oxygen atoms in total. The summed E-state index contributed by atoms with van der Waals surface area (Å²) in [4.78, 5) is 0. The second kappa shape index (κ2) is 9.28. The third-order valence-electron chi connectivity index (χ3n) is 1.67. The molecule has 1 aromatic rings. The topological polar surface area (TPSA) is 38.0 Å². The molecule has 0 spiro atoms. The number of anilines is 2. The van der Waals surface area contributed by atoms with E-state index in [0.717, 1.165) is 0 Å². The van der Waals surface area contributed by atoms with Gasteiger partial charge in [-0.15, -0.1) is 0 Å². The van der Waals surface area contributed by atoms with Crippen LogP contribution in [0.4, 0.5) is 15.8 Å². The van der Waals surface area contributed by atoms with Gasteiger partial charge in [0.25, 0.3) is 0 Å². The summed E-state index contributed by atoms with van der Waals surface area (Å²) in [6, 6.07) is 1.64. The van der Waals surface area contributed by atoms with Crippen LogP contribution in [0.5, 0.6) is 0 Å². The van der Waals surface area contributed by atoms with Gasteiger partial charge in [0.2, 0.25) is 0 Å². The fourth-order valence-electron chi connectivity index (χ4n) is 1.03. The Bertz CT molecular complexity index is 314. The molecule has 0 saturated heterocycles. The summed E-state index contributed by atoms with van der Waals surface area (Å²) in [7, 11) is 1.60. The van der Waals surface area contributed by atoms with Gasteiger partial charge in [0, 0.05) is 7.05 Å². The van der Waals surface area contributed by atoms with Gasteiger partial charge in [-0.05, 0) is 18.6 Å². The van der Waals surface area contributed by atoms with E-state index in [-0.39, 0.29) is 10.7 Å². The lowest BCUT2D eigenvalue weighted by molar-refractivity contribution is 0.631. The standard InChI is InChI=1S/C8H10ClFN2.2C2H6/c1-4-3-5(11)8(12-2)7(10)6(4)9;2*1-2/h3,12H,11H2,1-2H3;2*1-2H3. The highest BCUT2D eigenvalue weighted by Crippen LogP contribution is 2.30. The largest absolute Gasteiger partial charge is 0.397 e. The van der Waals surface area contributed by atoms with E-state index in [0.29, 0.717) is 11.3 Å². The van der Waals surface area contributed by atoms with E-state index < -0.39 is 5.82 Å². The maximum absolute atomic E-state index is 13.2. The van der Waals surface area contributed by atoms with Gasteiger partial charge < -0.3 is 11.1 Å². The molecule has 0 fully saturated rings. The molecule has 0 atom stereocenters. The molecule has 0 aliphatic rings. The molecule has 4 heteroatoms. The number of nitrogens with two attached hydrogens (primary N) is 1. The average Bonchev–Trinajstić information content (AvgIpc) is 2.32. The summed E-state index contributed by atoms with van der Waals surface area (Å²) in [6.45, 7) is 9.71. The molecule has 94 valence electrons. The Hall–Kier alpha value is -0.960. The fraction of sp³-hybridized carbons (Fsp3) is 0.500. The highest BCUT2D eigenvalue weighted by atomic mass is 35.5. The molecule has 0 unspecified atom stereocenters. The molecule has 0 aromatic heterocycles. The molecule has 0 saturated carbocycles. The van der Waals surface area contributed by atoms with Crippen molar-refractivity contribution in [2.45, 2.75) is 34.6 Å². The number of hydrogen-bond donors (Lipinski definition) is 2. The normalized spacial score (nSPS) is 8.25. The van der Waals surface area contributed by atoms with Crippen molar-refractivity contribution >= 4 is 23.0 Å². The van der Waals surface area contributed by atoms with Gasteiger partial charge in [-0.25, -0.2) is 4.39 Å². The Kier molecular flexibility index (Phi) is 10.1. The van der Waals surface area contributed by atoms with Crippen molar-refractivity contribution in [3.8, 4) is 0 Å². The molecular weight excluding hydrogens is 227 g/mol. The second-order valence-electron chi connectivity index (χ2n) is 2.54. The molecule has 0 heterocycles. The number of aryl methyl sites for hydroxylation is 1. The van der Waals surface area contributed by atoms with Crippen LogP contribution in [0.2, 0.25) is 5.02 Å². The molecule has 0 aliphatic heterocycles. The third-order valence-corrected chi connectivity index (χ3v) is 2.13. The van der Waals surface area contributed by atoms with Gasteiger partial charge in [-0.2, -0.15) is 0 Å². The summed E-state index contributed by atoms with van der Waals surface area (Å²) in [5.74, 6) is -0.489. The van der Waals surface area contributed by atoms with E-state index in [1.165, 1.54) is 0 Å². The SMILES string of the molecule is CC.CC.CNc1c(N)cc(C)c(Cl)c1F. The van der Waals surface area contributed by atoms with Gasteiger partial charge >= 0.3 is 0 Å². The van der Waals surface area contributed by atoms with Crippen molar-refractivity contribution in [2.24, 2.45) is 0 Å². The number of rotatable bonds is 1. The first-order valence-electron chi connectivity index (χ1n) is 5.49. The lowest BCUT2D eigenvalue weighted by Gasteiger charge is -2.09. The summed E-state index contributed by atoms with van der Waals surface area (Å²) in [5, 5.41) is 2.77. The van der Waals surface area contributed by atoms with Crippen LogP contribution in [0.15, 0.2) is 6.07 Å². The van der Waals surface area contributed by atoms with Gasteiger partial charge in [-0.3, -0.25) is 0 Å². The minimum Gasteiger partial charge on any atom is -0.397 e. The smallest absolute Gasteiger partial charge is 0.167 e. The van der Waals surface area contributed by atoms with Crippen molar-refractivity contribution in [1.82, 2.24) is 0 Å². The highest BCUT2D eigenvalue weighted by Gasteiger charge is 2.11.